The van der Waals surface area contributed by atoms with Crippen LogP contribution in [0.2, 0.25) is 0 Å². The fourth-order valence-corrected chi connectivity index (χ4v) is 2.63. The lowest BCUT2D eigenvalue weighted by Gasteiger charge is -2.38. The molecule has 1 aliphatic heterocycles. The SMILES string of the molecule is CN1CCN(C)C(CNc2cc(F)c(Br)cc2N)C1. The Hall–Kier alpha value is -0.850. The molecule has 0 aliphatic carbocycles. The molecule has 1 fully saturated rings. The number of nitrogens with one attached hydrogen (secondary N) is 1. The molecule has 1 aromatic rings. The highest BCUT2D eigenvalue weighted by Gasteiger charge is 2.22. The van der Waals surface area contributed by atoms with Crippen LogP contribution in [0.3, 0.4) is 0 Å². The molecule has 1 aliphatic rings. The van der Waals surface area contributed by atoms with E-state index in [1.807, 2.05) is 0 Å². The Kier molecular flexibility index (Phi) is 4.65. The van der Waals surface area contributed by atoms with Crippen LogP contribution < -0.4 is 11.1 Å². The van der Waals surface area contributed by atoms with Gasteiger partial charge in [-0.05, 0) is 36.1 Å². The second kappa shape index (κ2) is 6.07. The number of hydrogen-bond donors (Lipinski definition) is 2. The zero-order valence-electron chi connectivity index (χ0n) is 11.3. The van der Waals surface area contributed by atoms with Crippen molar-refractivity contribution >= 4 is 27.3 Å². The molecule has 1 aromatic carbocycles. The van der Waals surface area contributed by atoms with E-state index in [1.165, 1.54) is 6.07 Å². The van der Waals surface area contributed by atoms with Crippen molar-refractivity contribution < 1.29 is 4.39 Å². The van der Waals surface area contributed by atoms with Crippen LogP contribution in [0.25, 0.3) is 0 Å². The summed E-state index contributed by atoms with van der Waals surface area (Å²) in [5.74, 6) is -0.300. The maximum atomic E-state index is 13.5. The average molecular weight is 331 g/mol. The largest absolute Gasteiger partial charge is 0.397 e. The first-order valence-electron chi connectivity index (χ1n) is 6.34. The first-order chi connectivity index (χ1) is 8.97. The predicted octanol–water partition coefficient (Wildman–Crippen LogP) is 1.83. The maximum Gasteiger partial charge on any atom is 0.139 e. The summed E-state index contributed by atoms with van der Waals surface area (Å²) in [5.41, 5.74) is 7.10. The molecule has 0 aromatic heterocycles. The van der Waals surface area contributed by atoms with Crippen LogP contribution in [0.4, 0.5) is 15.8 Å². The third-order valence-corrected chi connectivity index (χ3v) is 4.21. The van der Waals surface area contributed by atoms with E-state index in [9.17, 15) is 4.39 Å². The molecule has 1 atom stereocenters. The molecular formula is C13H20BrFN4. The quantitative estimate of drug-likeness (QED) is 0.830. The number of anilines is 2. The van der Waals surface area contributed by atoms with Crippen molar-refractivity contribution in [2.75, 3.05) is 51.3 Å². The van der Waals surface area contributed by atoms with Gasteiger partial charge in [0.25, 0.3) is 0 Å². The summed E-state index contributed by atoms with van der Waals surface area (Å²) in [5, 5.41) is 3.25. The molecule has 4 nitrogen and oxygen atoms in total. The number of halogens is 2. The molecule has 0 bridgehead atoms. The second-order valence-corrected chi connectivity index (χ2v) is 5.99. The zero-order valence-corrected chi connectivity index (χ0v) is 12.9. The molecule has 0 saturated carbocycles. The van der Waals surface area contributed by atoms with E-state index in [1.54, 1.807) is 6.07 Å². The van der Waals surface area contributed by atoms with E-state index in [4.69, 9.17) is 5.73 Å². The second-order valence-electron chi connectivity index (χ2n) is 5.13. The van der Waals surface area contributed by atoms with Gasteiger partial charge < -0.3 is 16.0 Å². The standard InChI is InChI=1S/C13H20BrFN4/c1-18-3-4-19(2)9(8-18)7-17-13-6-11(15)10(14)5-12(13)16/h5-6,9,17H,3-4,7-8,16H2,1-2H3. The number of nitrogens with two attached hydrogens (primary N) is 1. The molecule has 1 heterocycles. The number of likely N-dealkylation sites (N-methyl/N-ethyl adjacent to an activating group) is 2. The predicted molar refractivity (Wildman–Crippen MR) is 80.9 cm³/mol. The molecule has 1 unspecified atom stereocenters. The van der Waals surface area contributed by atoms with Gasteiger partial charge in [-0.15, -0.1) is 0 Å². The third-order valence-electron chi connectivity index (χ3n) is 3.60. The summed E-state index contributed by atoms with van der Waals surface area (Å²) >= 11 is 3.13. The minimum absolute atomic E-state index is 0.300. The van der Waals surface area contributed by atoms with Crippen LogP contribution in [0.5, 0.6) is 0 Å². The van der Waals surface area contributed by atoms with E-state index < -0.39 is 0 Å². The van der Waals surface area contributed by atoms with Gasteiger partial charge in [0.2, 0.25) is 0 Å². The van der Waals surface area contributed by atoms with Gasteiger partial charge in [-0.1, -0.05) is 0 Å². The fraction of sp³-hybridized carbons (Fsp3) is 0.538. The lowest BCUT2D eigenvalue weighted by Crippen LogP contribution is -2.52. The maximum absolute atomic E-state index is 13.5. The number of nitrogens with zero attached hydrogens (tertiary/aromatic N) is 2. The first kappa shape index (κ1) is 14.6. The van der Waals surface area contributed by atoms with Crippen molar-refractivity contribution in [1.82, 2.24) is 9.80 Å². The van der Waals surface area contributed by atoms with Crippen molar-refractivity contribution in [3.63, 3.8) is 0 Å². The molecule has 0 amide bonds. The highest BCUT2D eigenvalue weighted by atomic mass is 79.9. The Morgan fingerprint density at radius 2 is 2.16 bits per heavy atom. The average Bonchev–Trinajstić information content (AvgIpc) is 2.36. The Bertz CT molecular complexity index is 455. The van der Waals surface area contributed by atoms with Crippen molar-refractivity contribution in [3.8, 4) is 0 Å². The van der Waals surface area contributed by atoms with E-state index in [0.717, 1.165) is 26.2 Å². The molecule has 1 saturated heterocycles. The van der Waals surface area contributed by atoms with Crippen LogP contribution in [0, 0.1) is 5.82 Å². The van der Waals surface area contributed by atoms with Gasteiger partial charge in [0.15, 0.2) is 0 Å². The number of rotatable bonds is 3. The molecule has 0 radical (unpaired) electrons. The Morgan fingerprint density at radius 3 is 2.89 bits per heavy atom. The topological polar surface area (TPSA) is 44.5 Å². The lowest BCUT2D eigenvalue weighted by molar-refractivity contribution is 0.122. The van der Waals surface area contributed by atoms with Gasteiger partial charge in [0.1, 0.15) is 5.82 Å². The van der Waals surface area contributed by atoms with Crippen LogP contribution in [-0.2, 0) is 0 Å². The summed E-state index contributed by atoms with van der Waals surface area (Å²) in [6.45, 7) is 3.89. The number of benzene rings is 1. The van der Waals surface area contributed by atoms with Gasteiger partial charge in [-0.3, -0.25) is 4.90 Å². The molecule has 3 N–H and O–H groups in total. The van der Waals surface area contributed by atoms with E-state index in [-0.39, 0.29) is 5.82 Å². The minimum Gasteiger partial charge on any atom is -0.397 e. The van der Waals surface area contributed by atoms with Crippen LogP contribution in [0.1, 0.15) is 0 Å². The summed E-state index contributed by atoms with van der Waals surface area (Å²) in [7, 11) is 4.23. The van der Waals surface area contributed by atoms with Crippen LogP contribution >= 0.6 is 15.9 Å². The van der Waals surface area contributed by atoms with Gasteiger partial charge in [-0.25, -0.2) is 4.39 Å². The highest BCUT2D eigenvalue weighted by molar-refractivity contribution is 9.10. The smallest absolute Gasteiger partial charge is 0.139 e. The minimum atomic E-state index is -0.300. The third kappa shape index (κ3) is 3.58. The fourth-order valence-electron chi connectivity index (χ4n) is 2.26. The van der Waals surface area contributed by atoms with Gasteiger partial charge in [0.05, 0.1) is 15.8 Å². The summed E-state index contributed by atoms with van der Waals surface area (Å²) in [6, 6.07) is 3.44. The highest BCUT2D eigenvalue weighted by Crippen LogP contribution is 2.26. The van der Waals surface area contributed by atoms with E-state index >= 15 is 0 Å². The monoisotopic (exact) mass is 330 g/mol. The Labute approximate surface area is 121 Å². The van der Waals surface area contributed by atoms with Crippen LogP contribution in [0.15, 0.2) is 16.6 Å². The molecule has 6 heteroatoms. The van der Waals surface area contributed by atoms with Crippen LogP contribution in [-0.4, -0.2) is 56.1 Å². The normalized spacial score (nSPS) is 21.6. The molecule has 106 valence electrons. The Morgan fingerprint density at radius 1 is 1.42 bits per heavy atom. The summed E-state index contributed by atoms with van der Waals surface area (Å²) in [6.07, 6.45) is 0. The molecule has 19 heavy (non-hydrogen) atoms. The van der Waals surface area contributed by atoms with Gasteiger partial charge in [0, 0.05) is 38.3 Å². The van der Waals surface area contributed by atoms with Crippen molar-refractivity contribution in [2.45, 2.75) is 6.04 Å². The molecular weight excluding hydrogens is 311 g/mol. The van der Waals surface area contributed by atoms with Gasteiger partial charge >= 0.3 is 0 Å². The lowest BCUT2D eigenvalue weighted by atomic mass is 10.1. The number of piperazine rings is 1. The van der Waals surface area contributed by atoms with E-state index in [0.29, 0.717) is 21.9 Å². The van der Waals surface area contributed by atoms with E-state index in [2.05, 4.69) is 45.1 Å². The van der Waals surface area contributed by atoms with Gasteiger partial charge in [-0.2, -0.15) is 0 Å². The number of hydrogen-bond acceptors (Lipinski definition) is 4. The molecule has 0 spiro atoms. The Balaban J connectivity index is 2.00. The zero-order chi connectivity index (χ0) is 14.0. The summed E-state index contributed by atoms with van der Waals surface area (Å²) < 4.78 is 13.9. The summed E-state index contributed by atoms with van der Waals surface area (Å²) in [4.78, 5) is 4.62. The number of nitrogen functional groups attached to an aromatic ring is 1. The van der Waals surface area contributed by atoms with Crippen molar-refractivity contribution in [2.24, 2.45) is 0 Å². The molecule has 2 rings (SSSR count). The van der Waals surface area contributed by atoms with Crippen molar-refractivity contribution in [1.29, 1.82) is 0 Å². The van der Waals surface area contributed by atoms with Crippen molar-refractivity contribution in [3.05, 3.63) is 22.4 Å². The first-order valence-corrected chi connectivity index (χ1v) is 7.14.